The van der Waals surface area contributed by atoms with E-state index in [1.54, 1.807) is 6.20 Å². The summed E-state index contributed by atoms with van der Waals surface area (Å²) in [5, 5.41) is 3.38. The number of hydrogen-bond acceptors (Lipinski definition) is 4. The number of nitrogens with zero attached hydrogens (tertiary/aromatic N) is 3. The van der Waals surface area contributed by atoms with Crippen LogP contribution in [0, 0.1) is 0 Å². The van der Waals surface area contributed by atoms with Gasteiger partial charge in [-0.1, -0.05) is 6.92 Å². The van der Waals surface area contributed by atoms with Crippen molar-refractivity contribution >= 4 is 5.82 Å². The van der Waals surface area contributed by atoms with Crippen LogP contribution in [0.5, 0.6) is 0 Å². The largest absolute Gasteiger partial charge is 0.348 e. The Bertz CT molecular complexity index is 494. The van der Waals surface area contributed by atoms with Crippen molar-refractivity contribution in [1.29, 1.82) is 0 Å². The number of nitrogens with one attached hydrogen (secondary N) is 1. The summed E-state index contributed by atoms with van der Waals surface area (Å²) in [6, 6.07) is 0.833. The van der Waals surface area contributed by atoms with E-state index < -0.39 is 0 Å². The quantitative estimate of drug-likeness (QED) is 0.865. The van der Waals surface area contributed by atoms with Gasteiger partial charge in [0.1, 0.15) is 0 Å². The Kier molecular flexibility index (Phi) is 3.55. The van der Waals surface area contributed by atoms with Gasteiger partial charge >= 0.3 is 0 Å². The van der Waals surface area contributed by atoms with Gasteiger partial charge in [0.15, 0.2) is 5.82 Å². The van der Waals surface area contributed by atoms with E-state index in [1.165, 1.54) is 0 Å². The van der Waals surface area contributed by atoms with Gasteiger partial charge in [0.25, 0.3) is 5.56 Å². The highest BCUT2D eigenvalue weighted by Crippen LogP contribution is 2.33. The summed E-state index contributed by atoms with van der Waals surface area (Å²) in [5.74, 6) is 0.648. The van der Waals surface area contributed by atoms with E-state index in [2.05, 4.69) is 22.1 Å². The average molecular weight is 262 g/mol. The second kappa shape index (κ2) is 5.33. The third-order valence-electron chi connectivity index (χ3n) is 4.07. The van der Waals surface area contributed by atoms with Gasteiger partial charge in [-0.25, -0.2) is 4.98 Å². The first-order chi connectivity index (χ1) is 9.31. The van der Waals surface area contributed by atoms with Crippen molar-refractivity contribution in [3.63, 3.8) is 0 Å². The number of rotatable bonds is 5. The molecule has 0 aromatic carbocycles. The van der Waals surface area contributed by atoms with E-state index in [-0.39, 0.29) is 5.56 Å². The molecule has 0 bridgehead atoms. The molecule has 1 saturated carbocycles. The molecular formula is C14H22N4O. The molecule has 1 aromatic rings. The lowest BCUT2D eigenvalue weighted by Gasteiger charge is -2.25. The van der Waals surface area contributed by atoms with Gasteiger partial charge in [0.2, 0.25) is 0 Å². The van der Waals surface area contributed by atoms with Crippen molar-refractivity contribution in [3.05, 3.63) is 22.7 Å². The lowest BCUT2D eigenvalue weighted by molar-refractivity contribution is 0.579. The molecule has 2 fully saturated rings. The molecule has 0 amide bonds. The Morgan fingerprint density at radius 1 is 1.42 bits per heavy atom. The first kappa shape index (κ1) is 12.7. The maximum absolute atomic E-state index is 12.5. The molecular weight excluding hydrogens is 240 g/mol. The first-order valence-electron chi connectivity index (χ1n) is 7.35. The van der Waals surface area contributed by atoms with Gasteiger partial charge in [0, 0.05) is 37.6 Å². The summed E-state index contributed by atoms with van der Waals surface area (Å²) >= 11 is 0. The third-order valence-corrected chi connectivity index (χ3v) is 4.07. The summed E-state index contributed by atoms with van der Waals surface area (Å²) < 4.78 is 1.87. The molecule has 0 radical (unpaired) electrons. The van der Waals surface area contributed by atoms with E-state index in [4.69, 9.17) is 0 Å². The van der Waals surface area contributed by atoms with E-state index in [1.807, 2.05) is 10.8 Å². The number of aromatic nitrogens is 2. The van der Waals surface area contributed by atoms with Crippen LogP contribution >= 0.6 is 0 Å². The van der Waals surface area contributed by atoms with Crippen molar-refractivity contribution in [2.75, 3.05) is 24.5 Å². The maximum atomic E-state index is 12.5. The molecule has 1 saturated heterocycles. The Morgan fingerprint density at radius 3 is 3.00 bits per heavy atom. The minimum Gasteiger partial charge on any atom is -0.348 e. The molecule has 2 heterocycles. The Labute approximate surface area is 113 Å². The summed E-state index contributed by atoms with van der Waals surface area (Å²) in [5.41, 5.74) is 0.0911. The number of hydrogen-bond donors (Lipinski definition) is 1. The fourth-order valence-corrected chi connectivity index (χ4v) is 2.89. The fourth-order valence-electron chi connectivity index (χ4n) is 2.89. The molecule has 5 heteroatoms. The van der Waals surface area contributed by atoms with Crippen LogP contribution in [0.15, 0.2) is 17.2 Å². The van der Waals surface area contributed by atoms with Crippen LogP contribution in [0.25, 0.3) is 0 Å². The van der Waals surface area contributed by atoms with Gasteiger partial charge < -0.3 is 14.8 Å². The number of likely N-dealkylation sites (N-methyl/N-ethyl adjacent to an activating group) is 1. The standard InChI is InChI=1S/C14H22N4O/c1-2-15-10-12-4-3-8-17(12)13-14(19)18(9-7-16-13)11-5-6-11/h7,9,11-12,15H,2-6,8,10H2,1H3. The van der Waals surface area contributed by atoms with Gasteiger partial charge in [-0.2, -0.15) is 0 Å². The Hall–Kier alpha value is -1.36. The highest BCUT2D eigenvalue weighted by Gasteiger charge is 2.30. The summed E-state index contributed by atoms with van der Waals surface area (Å²) in [6.07, 6.45) is 8.16. The number of anilines is 1. The average Bonchev–Trinajstić information content (AvgIpc) is 3.16. The topological polar surface area (TPSA) is 50.2 Å². The zero-order valence-electron chi connectivity index (χ0n) is 11.5. The smallest absolute Gasteiger partial charge is 0.293 e. The van der Waals surface area contributed by atoms with E-state index in [0.29, 0.717) is 17.9 Å². The van der Waals surface area contributed by atoms with E-state index in [9.17, 15) is 4.79 Å². The highest BCUT2D eigenvalue weighted by atomic mass is 16.1. The van der Waals surface area contributed by atoms with Crippen LogP contribution in [-0.4, -0.2) is 35.2 Å². The molecule has 1 aliphatic heterocycles. The molecule has 1 aliphatic carbocycles. The molecule has 5 nitrogen and oxygen atoms in total. The zero-order chi connectivity index (χ0) is 13.2. The lowest BCUT2D eigenvalue weighted by Crippen LogP contribution is -2.41. The second-order valence-electron chi connectivity index (χ2n) is 5.49. The molecule has 2 aliphatic rings. The third kappa shape index (κ3) is 2.52. The second-order valence-corrected chi connectivity index (χ2v) is 5.49. The molecule has 1 N–H and O–H groups in total. The zero-order valence-corrected chi connectivity index (χ0v) is 11.5. The minimum atomic E-state index is 0.0911. The SMILES string of the molecule is CCNCC1CCCN1c1nccn(C2CC2)c1=O. The van der Waals surface area contributed by atoms with Crippen molar-refractivity contribution in [1.82, 2.24) is 14.9 Å². The predicted molar refractivity (Wildman–Crippen MR) is 75.7 cm³/mol. The normalized spacial score (nSPS) is 23.0. The monoisotopic (exact) mass is 262 g/mol. The molecule has 1 unspecified atom stereocenters. The maximum Gasteiger partial charge on any atom is 0.293 e. The lowest BCUT2D eigenvalue weighted by atomic mass is 10.2. The van der Waals surface area contributed by atoms with Crippen molar-refractivity contribution < 1.29 is 0 Å². The molecule has 1 atom stereocenters. The van der Waals surface area contributed by atoms with Gasteiger partial charge in [-0.15, -0.1) is 0 Å². The summed E-state index contributed by atoms with van der Waals surface area (Å²) in [6.45, 7) is 4.97. The minimum absolute atomic E-state index is 0.0911. The Balaban J connectivity index is 1.84. The van der Waals surface area contributed by atoms with Crippen LogP contribution in [0.1, 0.15) is 38.6 Å². The molecule has 19 heavy (non-hydrogen) atoms. The molecule has 1 aromatic heterocycles. The predicted octanol–water partition coefficient (Wildman–Crippen LogP) is 1.16. The van der Waals surface area contributed by atoms with Crippen LogP contribution in [0.3, 0.4) is 0 Å². The summed E-state index contributed by atoms with van der Waals surface area (Å²) in [7, 11) is 0. The van der Waals surface area contributed by atoms with Crippen LogP contribution in [-0.2, 0) is 0 Å². The molecule has 104 valence electrons. The van der Waals surface area contributed by atoms with E-state index in [0.717, 1.165) is 45.3 Å². The highest BCUT2D eigenvalue weighted by molar-refractivity contribution is 5.39. The van der Waals surface area contributed by atoms with Gasteiger partial charge in [0.05, 0.1) is 0 Å². The van der Waals surface area contributed by atoms with Crippen LogP contribution < -0.4 is 15.8 Å². The van der Waals surface area contributed by atoms with Gasteiger partial charge in [-0.3, -0.25) is 4.79 Å². The molecule has 3 rings (SSSR count). The van der Waals surface area contributed by atoms with Crippen molar-refractivity contribution in [3.8, 4) is 0 Å². The van der Waals surface area contributed by atoms with Crippen molar-refractivity contribution in [2.24, 2.45) is 0 Å². The summed E-state index contributed by atoms with van der Waals surface area (Å²) in [4.78, 5) is 19.0. The first-order valence-corrected chi connectivity index (χ1v) is 7.35. The fraction of sp³-hybridized carbons (Fsp3) is 0.714. The van der Waals surface area contributed by atoms with Gasteiger partial charge in [-0.05, 0) is 32.2 Å². The Morgan fingerprint density at radius 2 is 2.26 bits per heavy atom. The van der Waals surface area contributed by atoms with Crippen LogP contribution in [0.2, 0.25) is 0 Å². The molecule has 0 spiro atoms. The van der Waals surface area contributed by atoms with Crippen molar-refractivity contribution in [2.45, 2.75) is 44.7 Å². The van der Waals surface area contributed by atoms with Crippen LogP contribution in [0.4, 0.5) is 5.82 Å². The van der Waals surface area contributed by atoms with E-state index >= 15 is 0 Å².